The lowest BCUT2D eigenvalue weighted by Crippen LogP contribution is -2.42. The average Bonchev–Trinajstić information content (AvgIpc) is 3.23. The highest BCUT2D eigenvalue weighted by Crippen LogP contribution is 2.32. The summed E-state index contributed by atoms with van der Waals surface area (Å²) >= 11 is 0. The molecule has 1 aliphatic carbocycles. The molecule has 5 heteroatoms. The van der Waals surface area contributed by atoms with Gasteiger partial charge in [0.25, 0.3) is 5.91 Å². The van der Waals surface area contributed by atoms with Crippen LogP contribution in [-0.4, -0.2) is 41.3 Å². The molecular formula is C20H24N2O3. The van der Waals surface area contributed by atoms with E-state index in [9.17, 15) is 4.79 Å². The highest BCUT2D eigenvalue weighted by Gasteiger charge is 2.39. The maximum absolute atomic E-state index is 13.0. The summed E-state index contributed by atoms with van der Waals surface area (Å²) in [5.74, 6) is 1.30. The van der Waals surface area contributed by atoms with E-state index in [0.29, 0.717) is 11.3 Å². The molecule has 0 spiro atoms. The predicted octanol–water partition coefficient (Wildman–Crippen LogP) is 3.24. The van der Waals surface area contributed by atoms with E-state index in [4.69, 9.17) is 9.26 Å². The second-order valence-corrected chi connectivity index (χ2v) is 7.16. The number of hydrogen-bond acceptors (Lipinski definition) is 4. The smallest absolute Gasteiger partial charge is 0.259 e. The molecule has 1 aromatic carbocycles. The molecule has 0 bridgehead atoms. The number of hydrogen-bond donors (Lipinski definition) is 0. The molecule has 2 aliphatic rings. The van der Waals surface area contributed by atoms with E-state index >= 15 is 0 Å². The minimum Gasteiger partial charge on any atom is -0.376 e. The van der Waals surface area contributed by atoms with E-state index in [1.54, 1.807) is 6.92 Å². The average molecular weight is 340 g/mol. The fourth-order valence-electron chi connectivity index (χ4n) is 3.57. The molecule has 1 amide bonds. The Kier molecular flexibility index (Phi) is 4.57. The van der Waals surface area contributed by atoms with Crippen molar-refractivity contribution in [3.8, 4) is 0 Å². The van der Waals surface area contributed by atoms with Crippen molar-refractivity contribution >= 4 is 5.91 Å². The number of aryl methyl sites for hydroxylation is 1. The van der Waals surface area contributed by atoms with Crippen LogP contribution in [-0.2, 0) is 11.2 Å². The van der Waals surface area contributed by atoms with Gasteiger partial charge in [-0.15, -0.1) is 0 Å². The number of carbonyl (C=O) groups is 1. The normalized spacial score (nSPS) is 23.2. The number of benzene rings is 1. The maximum atomic E-state index is 13.0. The number of ether oxygens (including phenoxy) is 1. The number of likely N-dealkylation sites (tertiary alicyclic amines) is 1. The lowest BCUT2D eigenvalue weighted by Gasteiger charge is -2.28. The van der Waals surface area contributed by atoms with Gasteiger partial charge in [0.1, 0.15) is 11.3 Å². The van der Waals surface area contributed by atoms with Crippen molar-refractivity contribution in [3.05, 3.63) is 53.4 Å². The van der Waals surface area contributed by atoms with E-state index in [2.05, 4.69) is 17.3 Å². The van der Waals surface area contributed by atoms with Crippen LogP contribution in [0.3, 0.4) is 0 Å². The van der Waals surface area contributed by atoms with Crippen LogP contribution in [0.4, 0.5) is 0 Å². The van der Waals surface area contributed by atoms with E-state index in [0.717, 1.165) is 31.9 Å². The van der Waals surface area contributed by atoms with Gasteiger partial charge < -0.3 is 14.2 Å². The predicted molar refractivity (Wildman–Crippen MR) is 93.3 cm³/mol. The van der Waals surface area contributed by atoms with Gasteiger partial charge in [0.05, 0.1) is 18.3 Å². The van der Waals surface area contributed by atoms with Crippen molar-refractivity contribution in [1.82, 2.24) is 10.1 Å². The Morgan fingerprint density at radius 3 is 2.76 bits per heavy atom. The third-order valence-electron chi connectivity index (χ3n) is 5.26. The van der Waals surface area contributed by atoms with Crippen LogP contribution < -0.4 is 0 Å². The zero-order valence-corrected chi connectivity index (χ0v) is 14.6. The van der Waals surface area contributed by atoms with E-state index in [1.807, 2.05) is 23.1 Å². The Hall–Kier alpha value is -2.14. The summed E-state index contributed by atoms with van der Waals surface area (Å²) in [5.41, 5.74) is 1.79. The summed E-state index contributed by atoms with van der Waals surface area (Å²) in [6.07, 6.45) is 5.88. The van der Waals surface area contributed by atoms with Crippen LogP contribution in [0.2, 0.25) is 0 Å². The fraction of sp³-hybridized carbons (Fsp3) is 0.500. The minimum absolute atomic E-state index is 0.00259. The fourth-order valence-corrected chi connectivity index (χ4v) is 3.57. The van der Waals surface area contributed by atoms with Crippen molar-refractivity contribution < 1.29 is 14.1 Å². The summed E-state index contributed by atoms with van der Waals surface area (Å²) in [6, 6.07) is 10.4. The lowest BCUT2D eigenvalue weighted by atomic mass is 10.0. The Balaban J connectivity index is 1.53. The minimum atomic E-state index is -0.00259. The molecule has 2 atom stereocenters. The van der Waals surface area contributed by atoms with Gasteiger partial charge in [-0.2, -0.15) is 0 Å². The molecule has 25 heavy (non-hydrogen) atoms. The molecule has 4 rings (SSSR count). The molecule has 0 radical (unpaired) electrons. The van der Waals surface area contributed by atoms with Crippen LogP contribution >= 0.6 is 0 Å². The van der Waals surface area contributed by atoms with Crippen molar-refractivity contribution in [2.75, 3.05) is 13.2 Å². The van der Waals surface area contributed by atoms with Gasteiger partial charge in [-0.1, -0.05) is 35.5 Å². The number of amides is 1. The van der Waals surface area contributed by atoms with Gasteiger partial charge in [0.15, 0.2) is 0 Å². The number of nitrogens with zero attached hydrogens (tertiary/aromatic N) is 2. The first-order valence-corrected chi connectivity index (χ1v) is 9.10. The quantitative estimate of drug-likeness (QED) is 0.810. The highest BCUT2D eigenvalue weighted by molar-refractivity contribution is 5.95. The first kappa shape index (κ1) is 16.3. The van der Waals surface area contributed by atoms with Gasteiger partial charge in [-0.25, -0.2) is 0 Å². The van der Waals surface area contributed by atoms with Crippen molar-refractivity contribution in [2.45, 2.75) is 44.8 Å². The molecule has 1 saturated heterocycles. The Morgan fingerprint density at radius 1 is 1.28 bits per heavy atom. The zero-order chi connectivity index (χ0) is 17.2. The van der Waals surface area contributed by atoms with Crippen molar-refractivity contribution in [1.29, 1.82) is 0 Å². The van der Waals surface area contributed by atoms with Crippen LogP contribution in [0.5, 0.6) is 0 Å². The molecule has 1 saturated carbocycles. The van der Waals surface area contributed by atoms with E-state index in [-0.39, 0.29) is 18.1 Å². The summed E-state index contributed by atoms with van der Waals surface area (Å²) in [5, 5.41) is 3.76. The number of rotatable bonds is 6. The third kappa shape index (κ3) is 3.61. The SMILES string of the molecule is Cc1oncc1C(=O)N1CC[C@@H](OCC2CC2)[C@@H]1Cc1ccccc1. The summed E-state index contributed by atoms with van der Waals surface area (Å²) < 4.78 is 11.3. The molecular weight excluding hydrogens is 316 g/mol. The summed E-state index contributed by atoms with van der Waals surface area (Å²) in [7, 11) is 0. The molecule has 132 valence electrons. The Morgan fingerprint density at radius 2 is 2.08 bits per heavy atom. The molecule has 1 aliphatic heterocycles. The summed E-state index contributed by atoms with van der Waals surface area (Å²) in [4.78, 5) is 14.9. The number of aromatic nitrogens is 1. The largest absolute Gasteiger partial charge is 0.376 e. The molecule has 1 aromatic heterocycles. The molecule has 5 nitrogen and oxygen atoms in total. The first-order chi connectivity index (χ1) is 12.2. The molecule has 0 N–H and O–H groups in total. The van der Waals surface area contributed by atoms with Gasteiger partial charge in [0, 0.05) is 13.2 Å². The van der Waals surface area contributed by atoms with Crippen molar-refractivity contribution in [2.24, 2.45) is 5.92 Å². The first-order valence-electron chi connectivity index (χ1n) is 9.10. The zero-order valence-electron chi connectivity index (χ0n) is 14.6. The molecule has 0 unspecified atom stereocenters. The Bertz CT molecular complexity index is 724. The highest BCUT2D eigenvalue weighted by atomic mass is 16.5. The number of carbonyl (C=O) groups excluding carboxylic acids is 1. The van der Waals surface area contributed by atoms with Crippen LogP contribution in [0.15, 0.2) is 41.1 Å². The van der Waals surface area contributed by atoms with Crippen LogP contribution in [0.1, 0.15) is 40.9 Å². The van der Waals surface area contributed by atoms with E-state index in [1.165, 1.54) is 24.6 Å². The molecule has 2 fully saturated rings. The van der Waals surface area contributed by atoms with Crippen LogP contribution in [0.25, 0.3) is 0 Å². The van der Waals surface area contributed by atoms with Gasteiger partial charge in [0.2, 0.25) is 0 Å². The standard InChI is InChI=1S/C20H24N2O3/c1-14-17(12-21-25-14)20(23)22-10-9-19(24-13-16-7-8-16)18(22)11-15-5-3-2-4-6-15/h2-6,12,16,18-19H,7-11,13H2,1H3/t18-,19+/m0/s1. The van der Waals surface area contributed by atoms with Gasteiger partial charge in [-0.05, 0) is 44.1 Å². The van der Waals surface area contributed by atoms with Gasteiger partial charge >= 0.3 is 0 Å². The van der Waals surface area contributed by atoms with Gasteiger partial charge in [-0.3, -0.25) is 4.79 Å². The molecule has 2 aromatic rings. The second-order valence-electron chi connectivity index (χ2n) is 7.16. The third-order valence-corrected chi connectivity index (χ3v) is 5.26. The van der Waals surface area contributed by atoms with Crippen molar-refractivity contribution in [3.63, 3.8) is 0 Å². The second kappa shape index (κ2) is 7.00. The Labute approximate surface area is 147 Å². The monoisotopic (exact) mass is 340 g/mol. The lowest BCUT2D eigenvalue weighted by molar-refractivity contribution is 0.0199. The topological polar surface area (TPSA) is 55.6 Å². The van der Waals surface area contributed by atoms with Crippen LogP contribution in [0, 0.1) is 12.8 Å². The summed E-state index contributed by atoms with van der Waals surface area (Å²) in [6.45, 7) is 3.32. The maximum Gasteiger partial charge on any atom is 0.259 e. The van der Waals surface area contributed by atoms with E-state index < -0.39 is 0 Å². The molecule has 2 heterocycles.